The van der Waals surface area contributed by atoms with Crippen LogP contribution < -0.4 is 10.1 Å². The van der Waals surface area contributed by atoms with E-state index >= 15 is 0 Å². The lowest BCUT2D eigenvalue weighted by Crippen LogP contribution is -2.29. The van der Waals surface area contributed by atoms with Gasteiger partial charge < -0.3 is 10.1 Å². The van der Waals surface area contributed by atoms with Gasteiger partial charge in [-0.15, -0.1) is 22.7 Å². The van der Waals surface area contributed by atoms with Crippen molar-refractivity contribution in [3.63, 3.8) is 0 Å². The van der Waals surface area contributed by atoms with Crippen LogP contribution in [0.4, 0.5) is 5.00 Å². The Labute approximate surface area is 195 Å². The molecule has 1 N–H and O–H groups in total. The molecule has 32 heavy (non-hydrogen) atoms. The van der Waals surface area contributed by atoms with Gasteiger partial charge in [-0.1, -0.05) is 37.3 Å². The second-order valence-electron chi connectivity index (χ2n) is 7.92. The van der Waals surface area contributed by atoms with Gasteiger partial charge in [-0.3, -0.25) is 9.69 Å². The second-order valence-corrected chi connectivity index (χ2v) is 10.1. The van der Waals surface area contributed by atoms with E-state index in [1.54, 1.807) is 22.7 Å². The molecule has 0 fully saturated rings. The number of carbonyl (C=O) groups is 1. The van der Waals surface area contributed by atoms with Crippen molar-refractivity contribution in [2.45, 2.75) is 26.8 Å². The highest BCUT2D eigenvalue weighted by Gasteiger charge is 2.27. The van der Waals surface area contributed by atoms with E-state index in [1.165, 1.54) is 10.4 Å². The minimum absolute atomic E-state index is 0.0200. The SMILES string of the molecule is CCN1CCc2c(sc(NC(=O)COc3ccccc3C)c2-c2nc3ccccc3s2)C1. The number of likely N-dealkylation sites (N-methyl/N-ethyl adjacent to an activating group) is 1. The van der Waals surface area contributed by atoms with E-state index in [2.05, 4.69) is 23.2 Å². The lowest BCUT2D eigenvalue weighted by Gasteiger charge is -2.25. The Hall–Kier alpha value is -2.74. The number of thiazole rings is 1. The van der Waals surface area contributed by atoms with Crippen LogP contribution in [0.3, 0.4) is 0 Å². The molecule has 0 atom stereocenters. The summed E-state index contributed by atoms with van der Waals surface area (Å²) in [5.74, 6) is 0.583. The van der Waals surface area contributed by atoms with Crippen molar-refractivity contribution < 1.29 is 9.53 Å². The van der Waals surface area contributed by atoms with Gasteiger partial charge in [0, 0.05) is 23.5 Å². The summed E-state index contributed by atoms with van der Waals surface area (Å²) in [7, 11) is 0. The van der Waals surface area contributed by atoms with Crippen molar-refractivity contribution in [3.8, 4) is 16.3 Å². The quantitative estimate of drug-likeness (QED) is 0.397. The fraction of sp³-hybridized carbons (Fsp3) is 0.280. The lowest BCUT2D eigenvalue weighted by atomic mass is 10.0. The van der Waals surface area contributed by atoms with Crippen LogP contribution in [0.5, 0.6) is 5.75 Å². The standard InChI is InChI=1S/C25H25N3O2S2/c1-3-28-13-12-17-21(14-28)32-25(23(17)24-26-18-9-5-7-11-20(18)31-24)27-22(29)15-30-19-10-6-4-8-16(19)2/h4-11H,3,12-15H2,1-2H3,(H,27,29). The predicted octanol–water partition coefficient (Wildman–Crippen LogP) is 5.73. The van der Waals surface area contributed by atoms with E-state index in [1.807, 2.05) is 49.4 Å². The molecular weight excluding hydrogens is 438 g/mol. The summed E-state index contributed by atoms with van der Waals surface area (Å²) in [6, 6.07) is 15.9. The number of rotatable bonds is 6. The largest absolute Gasteiger partial charge is 0.483 e. The fourth-order valence-electron chi connectivity index (χ4n) is 4.04. The Morgan fingerprint density at radius 1 is 1.16 bits per heavy atom. The van der Waals surface area contributed by atoms with Crippen LogP contribution in [0.1, 0.15) is 22.9 Å². The van der Waals surface area contributed by atoms with E-state index in [0.717, 1.165) is 63.2 Å². The topological polar surface area (TPSA) is 54.5 Å². The van der Waals surface area contributed by atoms with Crippen molar-refractivity contribution in [2.75, 3.05) is 25.0 Å². The Kier molecular flexibility index (Phi) is 5.95. The molecule has 1 amide bonds. The van der Waals surface area contributed by atoms with Crippen LogP contribution >= 0.6 is 22.7 Å². The van der Waals surface area contributed by atoms with Crippen LogP contribution in [-0.4, -0.2) is 35.5 Å². The number of nitrogens with zero attached hydrogens (tertiary/aromatic N) is 2. The smallest absolute Gasteiger partial charge is 0.262 e. The molecule has 3 heterocycles. The first kappa shape index (κ1) is 21.1. The molecule has 1 aliphatic heterocycles. The highest BCUT2D eigenvalue weighted by Crippen LogP contribution is 2.45. The average molecular weight is 464 g/mol. The first-order valence-corrected chi connectivity index (χ1v) is 12.5. The number of hydrogen-bond donors (Lipinski definition) is 1. The van der Waals surface area contributed by atoms with Crippen LogP contribution in [-0.2, 0) is 17.8 Å². The zero-order chi connectivity index (χ0) is 22.1. The summed E-state index contributed by atoms with van der Waals surface area (Å²) < 4.78 is 6.93. The van der Waals surface area contributed by atoms with Crippen LogP contribution in [0, 0.1) is 6.92 Å². The number of fused-ring (bicyclic) bond motifs is 2. The first-order valence-electron chi connectivity index (χ1n) is 10.8. The minimum Gasteiger partial charge on any atom is -0.483 e. The lowest BCUT2D eigenvalue weighted by molar-refractivity contribution is -0.118. The molecule has 5 nitrogen and oxygen atoms in total. The Bertz CT molecular complexity index is 1240. The maximum Gasteiger partial charge on any atom is 0.262 e. The van der Waals surface area contributed by atoms with Gasteiger partial charge in [-0.2, -0.15) is 0 Å². The summed E-state index contributed by atoms with van der Waals surface area (Å²) >= 11 is 3.36. The zero-order valence-electron chi connectivity index (χ0n) is 18.2. The van der Waals surface area contributed by atoms with E-state index in [9.17, 15) is 4.79 Å². The second kappa shape index (κ2) is 9.02. The number of para-hydroxylation sites is 2. The average Bonchev–Trinajstić information content (AvgIpc) is 3.38. The monoisotopic (exact) mass is 463 g/mol. The van der Waals surface area contributed by atoms with Gasteiger partial charge in [0.05, 0.1) is 10.2 Å². The van der Waals surface area contributed by atoms with E-state index < -0.39 is 0 Å². The van der Waals surface area contributed by atoms with Gasteiger partial charge in [-0.25, -0.2) is 4.98 Å². The number of anilines is 1. The minimum atomic E-state index is -0.151. The number of carbonyl (C=O) groups excluding carboxylic acids is 1. The number of nitrogens with one attached hydrogen (secondary N) is 1. The van der Waals surface area contributed by atoms with Crippen molar-refractivity contribution in [1.29, 1.82) is 0 Å². The molecule has 7 heteroatoms. The van der Waals surface area contributed by atoms with Crippen LogP contribution in [0.2, 0.25) is 0 Å². The maximum atomic E-state index is 12.8. The summed E-state index contributed by atoms with van der Waals surface area (Å²) in [4.78, 5) is 21.5. The maximum absolute atomic E-state index is 12.8. The van der Waals surface area contributed by atoms with E-state index in [0.29, 0.717) is 0 Å². The third kappa shape index (κ3) is 4.16. The molecule has 1 aliphatic rings. The predicted molar refractivity (Wildman–Crippen MR) is 133 cm³/mol. The first-order chi connectivity index (χ1) is 15.6. The molecular formula is C25H25N3O2S2. The summed E-state index contributed by atoms with van der Waals surface area (Å²) in [5, 5.41) is 4.99. The molecule has 2 aromatic heterocycles. The van der Waals surface area contributed by atoms with Gasteiger partial charge in [-0.05, 0) is 49.2 Å². The number of aryl methyl sites for hydroxylation is 1. The van der Waals surface area contributed by atoms with Crippen molar-refractivity contribution >= 4 is 43.8 Å². The van der Waals surface area contributed by atoms with Crippen molar-refractivity contribution in [2.24, 2.45) is 0 Å². The molecule has 0 aliphatic carbocycles. The van der Waals surface area contributed by atoms with Gasteiger partial charge in [0.1, 0.15) is 15.8 Å². The number of amides is 1. The molecule has 164 valence electrons. The van der Waals surface area contributed by atoms with E-state index in [-0.39, 0.29) is 12.5 Å². The molecule has 2 aromatic carbocycles. The zero-order valence-corrected chi connectivity index (χ0v) is 19.8. The molecule has 0 spiro atoms. The van der Waals surface area contributed by atoms with Gasteiger partial charge in [0.25, 0.3) is 5.91 Å². The van der Waals surface area contributed by atoms with Crippen LogP contribution in [0.25, 0.3) is 20.8 Å². The summed E-state index contributed by atoms with van der Waals surface area (Å²) in [5.41, 5.74) is 4.43. The number of thiophene rings is 1. The highest BCUT2D eigenvalue weighted by atomic mass is 32.1. The van der Waals surface area contributed by atoms with Crippen LogP contribution in [0.15, 0.2) is 48.5 Å². The number of aromatic nitrogens is 1. The highest BCUT2D eigenvalue weighted by molar-refractivity contribution is 7.22. The van der Waals surface area contributed by atoms with Crippen molar-refractivity contribution in [1.82, 2.24) is 9.88 Å². The molecule has 0 radical (unpaired) electrons. The Morgan fingerprint density at radius 2 is 1.97 bits per heavy atom. The van der Waals surface area contributed by atoms with E-state index in [4.69, 9.17) is 9.72 Å². The summed E-state index contributed by atoms with van der Waals surface area (Å²) in [6.45, 7) is 7.13. The summed E-state index contributed by atoms with van der Waals surface area (Å²) in [6.07, 6.45) is 0.973. The van der Waals surface area contributed by atoms with Gasteiger partial charge in [0.2, 0.25) is 0 Å². The molecule has 5 rings (SSSR count). The Balaban J connectivity index is 1.45. The van der Waals surface area contributed by atoms with Gasteiger partial charge >= 0.3 is 0 Å². The third-order valence-electron chi connectivity index (χ3n) is 5.80. The van der Waals surface area contributed by atoms with Gasteiger partial charge in [0.15, 0.2) is 6.61 Å². The fourth-order valence-corrected chi connectivity index (χ4v) is 6.46. The number of hydrogen-bond acceptors (Lipinski definition) is 6. The third-order valence-corrected chi connectivity index (χ3v) is 7.98. The molecule has 0 saturated heterocycles. The van der Waals surface area contributed by atoms with Crippen molar-refractivity contribution in [3.05, 3.63) is 64.5 Å². The molecule has 0 unspecified atom stereocenters. The molecule has 0 bridgehead atoms. The molecule has 0 saturated carbocycles. The normalized spacial score (nSPS) is 13.8. The molecule has 4 aromatic rings. The Morgan fingerprint density at radius 3 is 2.78 bits per heavy atom. The number of ether oxygens (including phenoxy) is 1. The number of benzene rings is 2.